The quantitative estimate of drug-likeness (QED) is 0.0766. The first-order valence-electron chi connectivity index (χ1n) is 13.0. The molecule has 43 heavy (non-hydrogen) atoms. The molecular formula is C30H27FI2N4O5S. The first kappa shape index (κ1) is 32.6. The number of nitrogens with zero attached hydrogens (tertiary/aromatic N) is 1. The molecule has 0 radical (unpaired) electrons. The van der Waals surface area contributed by atoms with E-state index < -0.39 is 17.9 Å². The van der Waals surface area contributed by atoms with Crippen molar-refractivity contribution < 1.29 is 28.2 Å². The van der Waals surface area contributed by atoms with Crippen LogP contribution in [0.4, 0.5) is 4.39 Å². The fourth-order valence-corrected chi connectivity index (χ4v) is 6.49. The molecule has 1 aliphatic heterocycles. The number of nitrogens with one attached hydrogen (secondary N) is 3. The van der Waals surface area contributed by atoms with Gasteiger partial charge < -0.3 is 24.8 Å². The molecule has 1 atom stereocenters. The van der Waals surface area contributed by atoms with Gasteiger partial charge in [-0.2, -0.15) is 5.10 Å². The molecule has 4 rings (SSSR count). The van der Waals surface area contributed by atoms with Crippen LogP contribution in [0.1, 0.15) is 36.6 Å². The molecule has 1 amide bonds. The number of rotatable bonds is 11. The van der Waals surface area contributed by atoms with Crippen molar-refractivity contribution >= 4 is 80.6 Å². The third-order valence-corrected chi connectivity index (χ3v) is 7.72. The molecule has 3 aromatic rings. The summed E-state index contributed by atoms with van der Waals surface area (Å²) in [5.74, 6) is -0.320. The van der Waals surface area contributed by atoms with E-state index in [1.165, 1.54) is 18.3 Å². The standard InChI is InChI=1S/C30H27FI2N4O5S/c1-3-40-29(39)26-17(2)35-30(43)36-27(26)22-6-4-5-7-24(22)41-16-25(38)37-34-14-19-12-21(32)13-23(33)28(19)42-15-18-8-10-20(31)11-9-18/h4-14,27H,3,15-16H2,1-2H3,(H,37,38)(H2,35,36,43)/t27-/m0/s1. The second-order valence-electron chi connectivity index (χ2n) is 9.13. The molecule has 0 spiro atoms. The summed E-state index contributed by atoms with van der Waals surface area (Å²) in [5.41, 5.74) is 5.50. The highest BCUT2D eigenvalue weighted by molar-refractivity contribution is 14.1. The number of halogens is 3. The molecule has 0 bridgehead atoms. The van der Waals surface area contributed by atoms with E-state index >= 15 is 0 Å². The van der Waals surface area contributed by atoms with Gasteiger partial charge in [-0.05, 0) is 107 Å². The molecular weight excluding hydrogens is 801 g/mol. The topological polar surface area (TPSA) is 110 Å². The van der Waals surface area contributed by atoms with E-state index in [9.17, 15) is 14.0 Å². The largest absolute Gasteiger partial charge is 0.487 e. The molecule has 3 N–H and O–H groups in total. The number of carbonyl (C=O) groups excluding carboxylic acids is 2. The zero-order valence-corrected chi connectivity index (χ0v) is 28.2. The lowest BCUT2D eigenvalue weighted by Crippen LogP contribution is -2.45. The highest BCUT2D eigenvalue weighted by atomic mass is 127. The Balaban J connectivity index is 1.43. The number of hydrazone groups is 1. The van der Waals surface area contributed by atoms with Crippen molar-refractivity contribution in [1.82, 2.24) is 16.1 Å². The number of allylic oxidation sites excluding steroid dienone is 1. The fourth-order valence-electron chi connectivity index (χ4n) is 4.17. The lowest BCUT2D eigenvalue weighted by molar-refractivity contribution is -0.139. The van der Waals surface area contributed by atoms with E-state index in [2.05, 4.69) is 66.3 Å². The number of para-hydroxylation sites is 1. The van der Waals surface area contributed by atoms with Gasteiger partial charge in [-0.3, -0.25) is 4.79 Å². The maximum absolute atomic E-state index is 13.3. The van der Waals surface area contributed by atoms with Gasteiger partial charge in [0.25, 0.3) is 5.91 Å². The Morgan fingerprint density at radius 1 is 1.12 bits per heavy atom. The predicted octanol–water partition coefficient (Wildman–Crippen LogP) is 5.50. The van der Waals surface area contributed by atoms with E-state index in [-0.39, 0.29) is 25.6 Å². The van der Waals surface area contributed by atoms with Crippen LogP contribution in [0.2, 0.25) is 0 Å². The highest BCUT2D eigenvalue weighted by Gasteiger charge is 2.32. The number of carbonyl (C=O) groups is 2. The lowest BCUT2D eigenvalue weighted by atomic mass is 9.95. The molecule has 0 saturated carbocycles. The van der Waals surface area contributed by atoms with E-state index in [1.807, 2.05) is 12.1 Å². The van der Waals surface area contributed by atoms with Gasteiger partial charge in [0.2, 0.25) is 0 Å². The zero-order chi connectivity index (χ0) is 30.9. The molecule has 1 heterocycles. The molecule has 0 aromatic heterocycles. The lowest BCUT2D eigenvalue weighted by Gasteiger charge is -2.30. The molecule has 9 nitrogen and oxygen atoms in total. The van der Waals surface area contributed by atoms with Crippen molar-refractivity contribution in [3.05, 3.63) is 102 Å². The van der Waals surface area contributed by atoms with Gasteiger partial charge in [-0.1, -0.05) is 30.3 Å². The molecule has 1 aliphatic rings. The Bertz CT molecular complexity index is 1580. The average Bonchev–Trinajstić information content (AvgIpc) is 2.96. The summed E-state index contributed by atoms with van der Waals surface area (Å²) in [6.07, 6.45) is 1.50. The van der Waals surface area contributed by atoms with Crippen LogP contribution in [0.15, 0.2) is 77.0 Å². The molecule has 224 valence electrons. The van der Waals surface area contributed by atoms with Crippen molar-refractivity contribution in [1.29, 1.82) is 0 Å². The molecule has 0 saturated heterocycles. The summed E-state index contributed by atoms with van der Waals surface area (Å²) in [6.45, 7) is 3.60. The van der Waals surface area contributed by atoms with E-state index in [0.717, 1.165) is 12.7 Å². The van der Waals surface area contributed by atoms with Crippen molar-refractivity contribution in [2.45, 2.75) is 26.5 Å². The minimum Gasteiger partial charge on any atom is -0.487 e. The summed E-state index contributed by atoms with van der Waals surface area (Å²) in [6, 6.07) is 16.3. The monoisotopic (exact) mass is 828 g/mol. The van der Waals surface area contributed by atoms with Crippen LogP contribution in [-0.4, -0.2) is 36.4 Å². The third kappa shape index (κ3) is 8.86. The number of ether oxygens (including phenoxy) is 3. The van der Waals surface area contributed by atoms with E-state index in [1.54, 1.807) is 50.2 Å². The number of hydrogen-bond acceptors (Lipinski definition) is 7. The third-order valence-electron chi connectivity index (χ3n) is 6.08. The van der Waals surface area contributed by atoms with E-state index in [0.29, 0.717) is 39.0 Å². The molecule has 0 aliphatic carbocycles. The summed E-state index contributed by atoms with van der Waals surface area (Å²) in [7, 11) is 0. The van der Waals surface area contributed by atoms with Crippen LogP contribution in [-0.2, 0) is 20.9 Å². The summed E-state index contributed by atoms with van der Waals surface area (Å²) >= 11 is 9.68. The van der Waals surface area contributed by atoms with Crippen LogP contribution < -0.4 is 25.5 Å². The Morgan fingerprint density at radius 2 is 1.86 bits per heavy atom. The molecule has 0 unspecified atom stereocenters. The van der Waals surface area contributed by atoms with Crippen molar-refractivity contribution in [2.24, 2.45) is 5.10 Å². The van der Waals surface area contributed by atoms with Gasteiger partial charge in [0.15, 0.2) is 11.7 Å². The highest BCUT2D eigenvalue weighted by Crippen LogP contribution is 2.33. The Kier molecular flexibility index (Phi) is 11.7. The predicted molar refractivity (Wildman–Crippen MR) is 181 cm³/mol. The SMILES string of the molecule is CCOC(=O)C1=C(C)NC(=S)N[C@H]1c1ccccc1OCC(=O)NN=Cc1cc(I)cc(I)c1OCc1ccc(F)cc1. The van der Waals surface area contributed by atoms with Crippen LogP contribution in [0.25, 0.3) is 0 Å². The normalized spacial score (nSPS) is 14.6. The Morgan fingerprint density at radius 3 is 2.60 bits per heavy atom. The van der Waals surface area contributed by atoms with Crippen molar-refractivity contribution in [3.8, 4) is 11.5 Å². The van der Waals surface area contributed by atoms with Gasteiger partial charge in [-0.25, -0.2) is 14.6 Å². The fraction of sp³-hybridized carbons (Fsp3) is 0.200. The minimum atomic E-state index is -0.638. The van der Waals surface area contributed by atoms with Gasteiger partial charge in [0.1, 0.15) is 23.9 Å². The number of esters is 1. The number of amides is 1. The van der Waals surface area contributed by atoms with Gasteiger partial charge in [-0.15, -0.1) is 0 Å². The maximum Gasteiger partial charge on any atom is 0.338 e. The number of hydrogen-bond donors (Lipinski definition) is 3. The zero-order valence-electron chi connectivity index (χ0n) is 23.1. The second-order valence-corrected chi connectivity index (χ2v) is 11.9. The summed E-state index contributed by atoms with van der Waals surface area (Å²) in [5, 5.41) is 10.5. The van der Waals surface area contributed by atoms with E-state index in [4.69, 9.17) is 26.4 Å². The van der Waals surface area contributed by atoms with Crippen LogP contribution in [0, 0.1) is 13.0 Å². The van der Waals surface area contributed by atoms with Crippen molar-refractivity contribution in [3.63, 3.8) is 0 Å². The van der Waals surface area contributed by atoms with Crippen LogP contribution in [0.3, 0.4) is 0 Å². The second kappa shape index (κ2) is 15.4. The van der Waals surface area contributed by atoms with Gasteiger partial charge in [0, 0.05) is 20.4 Å². The molecule has 3 aromatic carbocycles. The first-order chi connectivity index (χ1) is 20.7. The maximum atomic E-state index is 13.3. The van der Waals surface area contributed by atoms with Crippen molar-refractivity contribution in [2.75, 3.05) is 13.2 Å². The molecule has 13 heteroatoms. The summed E-state index contributed by atoms with van der Waals surface area (Å²) in [4.78, 5) is 25.4. The Hall–Kier alpha value is -3.31. The first-order valence-corrected chi connectivity index (χ1v) is 15.6. The van der Waals surface area contributed by atoms with Gasteiger partial charge in [0.05, 0.1) is 28.0 Å². The number of thiocarbonyl (C=S) groups is 1. The van der Waals surface area contributed by atoms with Gasteiger partial charge >= 0.3 is 5.97 Å². The Labute approximate surface area is 280 Å². The smallest absolute Gasteiger partial charge is 0.338 e. The molecule has 0 fully saturated rings. The summed E-state index contributed by atoms with van der Waals surface area (Å²) < 4.78 is 32.2. The van der Waals surface area contributed by atoms with Crippen LogP contribution in [0.5, 0.6) is 11.5 Å². The van der Waals surface area contributed by atoms with Crippen LogP contribution >= 0.6 is 57.4 Å². The minimum absolute atomic E-state index is 0.217. The average molecular weight is 828 g/mol. The number of benzene rings is 3.